The number of nitrogens with one attached hydrogen (secondary N) is 2. The number of hydrogen-bond acceptors (Lipinski definition) is 5. The van der Waals surface area contributed by atoms with E-state index in [0.717, 1.165) is 46.3 Å². The molecule has 0 spiro atoms. The normalized spacial score (nSPS) is 16.9. The van der Waals surface area contributed by atoms with Gasteiger partial charge in [0, 0.05) is 42.4 Å². The zero-order chi connectivity index (χ0) is 28.6. The van der Waals surface area contributed by atoms with Crippen molar-refractivity contribution in [1.82, 2.24) is 20.4 Å². The van der Waals surface area contributed by atoms with Crippen LogP contribution in [0.15, 0.2) is 72.8 Å². The highest BCUT2D eigenvalue weighted by Crippen LogP contribution is 2.41. The molecule has 2 amide bonds. The van der Waals surface area contributed by atoms with Crippen molar-refractivity contribution in [1.29, 1.82) is 0 Å². The summed E-state index contributed by atoms with van der Waals surface area (Å²) in [6, 6.07) is 23.7. The Kier molecular flexibility index (Phi) is 7.26. The summed E-state index contributed by atoms with van der Waals surface area (Å²) in [5.41, 5.74) is 2.96. The third kappa shape index (κ3) is 5.98. The predicted molar refractivity (Wildman–Crippen MR) is 157 cm³/mol. The molecule has 1 atom stereocenters. The fraction of sp³-hybridized carbons (Fsp3) is 0.364. The van der Waals surface area contributed by atoms with Gasteiger partial charge < -0.3 is 20.1 Å². The smallest absolute Gasteiger partial charge is 0.253 e. The number of aromatic amines is 1. The van der Waals surface area contributed by atoms with Crippen molar-refractivity contribution in [2.24, 2.45) is 5.92 Å². The fourth-order valence-electron chi connectivity index (χ4n) is 5.61. The molecule has 0 bridgehead atoms. The van der Waals surface area contributed by atoms with Crippen LogP contribution < -0.4 is 10.1 Å². The van der Waals surface area contributed by atoms with Crippen LogP contribution in [0.3, 0.4) is 0 Å². The van der Waals surface area contributed by atoms with Crippen molar-refractivity contribution in [2.75, 3.05) is 13.1 Å². The topological polar surface area (TPSA) is 108 Å². The van der Waals surface area contributed by atoms with E-state index in [0.29, 0.717) is 37.4 Å². The van der Waals surface area contributed by atoms with Crippen molar-refractivity contribution in [3.05, 3.63) is 83.9 Å². The monoisotopic (exact) mass is 552 g/mol. The number of nitrogens with zero attached hydrogens (tertiary/aromatic N) is 2. The maximum atomic E-state index is 13.3. The van der Waals surface area contributed by atoms with E-state index < -0.39 is 5.60 Å². The van der Waals surface area contributed by atoms with Crippen LogP contribution in [0.25, 0.3) is 22.2 Å². The van der Waals surface area contributed by atoms with E-state index in [2.05, 4.69) is 27.6 Å². The van der Waals surface area contributed by atoms with Crippen molar-refractivity contribution in [3.8, 4) is 17.0 Å². The van der Waals surface area contributed by atoms with Crippen molar-refractivity contribution in [3.63, 3.8) is 0 Å². The summed E-state index contributed by atoms with van der Waals surface area (Å²) in [4.78, 5) is 27.4. The van der Waals surface area contributed by atoms with Crippen molar-refractivity contribution < 1.29 is 19.4 Å². The Hall–Kier alpha value is -4.17. The first-order valence-corrected chi connectivity index (χ1v) is 14.4. The predicted octanol–water partition coefficient (Wildman–Crippen LogP) is 5.25. The van der Waals surface area contributed by atoms with Gasteiger partial charge in [0.1, 0.15) is 17.5 Å². The molecule has 2 heterocycles. The summed E-state index contributed by atoms with van der Waals surface area (Å²) < 4.78 is 6.20. The van der Waals surface area contributed by atoms with Crippen molar-refractivity contribution in [2.45, 2.75) is 57.3 Å². The summed E-state index contributed by atoms with van der Waals surface area (Å²) in [6.07, 6.45) is 3.69. The van der Waals surface area contributed by atoms with Crippen LogP contribution in [0, 0.1) is 5.92 Å². The maximum absolute atomic E-state index is 13.3. The van der Waals surface area contributed by atoms with E-state index in [4.69, 9.17) is 4.74 Å². The number of rotatable bonds is 8. The number of aromatic nitrogens is 2. The van der Waals surface area contributed by atoms with Gasteiger partial charge in [0.25, 0.3) is 11.8 Å². The molecule has 1 aromatic heterocycles. The lowest BCUT2D eigenvalue weighted by atomic mass is 10.0. The molecule has 1 aliphatic heterocycles. The van der Waals surface area contributed by atoms with Crippen LogP contribution in [0.4, 0.5) is 0 Å². The Morgan fingerprint density at radius 3 is 2.37 bits per heavy atom. The molecule has 3 N–H and O–H groups in total. The van der Waals surface area contributed by atoms with Gasteiger partial charge in [-0.25, -0.2) is 0 Å². The van der Waals surface area contributed by atoms with E-state index in [9.17, 15) is 14.7 Å². The summed E-state index contributed by atoms with van der Waals surface area (Å²) in [6.45, 7) is 4.17. The zero-order valence-electron chi connectivity index (χ0n) is 23.5. The number of hydrogen-bond donors (Lipinski definition) is 3. The number of carbonyl (C=O) groups is 2. The van der Waals surface area contributed by atoms with Crippen molar-refractivity contribution >= 4 is 22.7 Å². The average Bonchev–Trinajstić information content (AvgIpc) is 3.74. The summed E-state index contributed by atoms with van der Waals surface area (Å²) in [5, 5.41) is 21.8. The standard InChI is InChI=1S/C33H36N4O4/c1-33(2,40)32(39)37-18-16-26(17-19-37)41-25-13-10-23(11-14-25)30-27-20-24(12-15-28(27)35-36-30)31(38)34-29(22-8-9-22)21-6-4-3-5-7-21/h3-7,10-15,20,22,26,29,40H,8-9,16-19H2,1-2H3,(H,34,38)(H,35,36)/t29-/m1/s1. The number of H-pyrrole nitrogens is 1. The van der Waals surface area contributed by atoms with E-state index in [1.807, 2.05) is 60.7 Å². The molecule has 2 fully saturated rings. The third-order valence-corrected chi connectivity index (χ3v) is 8.05. The number of benzene rings is 3. The molecule has 2 aliphatic rings. The van der Waals surface area contributed by atoms with Gasteiger partial charge in [-0.2, -0.15) is 5.10 Å². The number of ether oxygens (including phenoxy) is 1. The van der Waals surface area contributed by atoms with Gasteiger partial charge in [0.05, 0.1) is 17.3 Å². The number of piperidine rings is 1. The van der Waals surface area contributed by atoms with E-state index >= 15 is 0 Å². The molecule has 41 heavy (non-hydrogen) atoms. The third-order valence-electron chi connectivity index (χ3n) is 8.05. The molecule has 6 rings (SSSR count). The van der Waals surface area contributed by atoms with Gasteiger partial charge in [0.2, 0.25) is 0 Å². The number of carbonyl (C=O) groups excluding carboxylic acids is 2. The number of amides is 2. The first-order valence-electron chi connectivity index (χ1n) is 14.4. The van der Waals surface area contributed by atoms with E-state index in [-0.39, 0.29) is 24.0 Å². The van der Waals surface area contributed by atoms with Crippen LogP contribution in [0.1, 0.15) is 61.5 Å². The van der Waals surface area contributed by atoms with Crippen LogP contribution in [-0.2, 0) is 4.79 Å². The van der Waals surface area contributed by atoms with Gasteiger partial charge in [-0.15, -0.1) is 0 Å². The van der Waals surface area contributed by atoms with Gasteiger partial charge in [-0.1, -0.05) is 30.3 Å². The minimum absolute atomic E-state index is 0.00865. The van der Waals surface area contributed by atoms with Gasteiger partial charge in [-0.3, -0.25) is 14.7 Å². The minimum Gasteiger partial charge on any atom is -0.490 e. The Morgan fingerprint density at radius 1 is 1.00 bits per heavy atom. The number of aliphatic hydroxyl groups is 1. The highest BCUT2D eigenvalue weighted by Gasteiger charge is 2.34. The second-order valence-corrected chi connectivity index (χ2v) is 11.7. The molecular formula is C33H36N4O4. The molecule has 0 unspecified atom stereocenters. The molecule has 4 aromatic rings. The molecule has 8 nitrogen and oxygen atoms in total. The second-order valence-electron chi connectivity index (χ2n) is 11.7. The van der Waals surface area contributed by atoms with Gasteiger partial charge in [0.15, 0.2) is 0 Å². The highest BCUT2D eigenvalue weighted by molar-refractivity contribution is 6.01. The SMILES string of the molecule is CC(C)(O)C(=O)N1CCC(Oc2ccc(-c3n[nH]c4ccc(C(=O)N[C@H](c5ccccc5)C5CC5)cc34)cc2)CC1. The quantitative estimate of drug-likeness (QED) is 0.277. The molecule has 1 saturated heterocycles. The number of likely N-dealkylation sites (tertiary alicyclic amines) is 1. The summed E-state index contributed by atoms with van der Waals surface area (Å²) in [5.74, 6) is 0.913. The van der Waals surface area contributed by atoms with Crippen LogP contribution in [0.5, 0.6) is 5.75 Å². The minimum atomic E-state index is -1.36. The Balaban J connectivity index is 1.13. The zero-order valence-corrected chi connectivity index (χ0v) is 23.5. The molecule has 212 valence electrons. The lowest BCUT2D eigenvalue weighted by Gasteiger charge is -2.35. The Labute approximate surface area is 239 Å². The first kappa shape index (κ1) is 27.0. The largest absolute Gasteiger partial charge is 0.490 e. The Morgan fingerprint density at radius 2 is 1.71 bits per heavy atom. The second kappa shape index (κ2) is 11.0. The van der Waals surface area contributed by atoms with E-state index in [1.165, 1.54) is 13.8 Å². The molecular weight excluding hydrogens is 516 g/mol. The molecule has 1 aliphatic carbocycles. The fourth-order valence-corrected chi connectivity index (χ4v) is 5.61. The maximum Gasteiger partial charge on any atom is 0.253 e. The summed E-state index contributed by atoms with van der Waals surface area (Å²) in [7, 11) is 0. The molecule has 3 aromatic carbocycles. The Bertz CT molecular complexity index is 1530. The molecule has 1 saturated carbocycles. The lowest BCUT2D eigenvalue weighted by Crippen LogP contribution is -2.49. The van der Waals surface area contributed by atoms with Gasteiger partial charge >= 0.3 is 0 Å². The van der Waals surface area contributed by atoms with Gasteiger partial charge in [-0.05, 0) is 80.6 Å². The number of fused-ring (bicyclic) bond motifs is 1. The average molecular weight is 553 g/mol. The highest BCUT2D eigenvalue weighted by atomic mass is 16.5. The van der Waals surface area contributed by atoms with Crippen LogP contribution in [0.2, 0.25) is 0 Å². The first-order chi connectivity index (χ1) is 19.8. The van der Waals surface area contributed by atoms with Crippen LogP contribution >= 0.6 is 0 Å². The summed E-state index contributed by atoms with van der Waals surface area (Å²) >= 11 is 0. The van der Waals surface area contributed by atoms with E-state index in [1.54, 1.807) is 4.90 Å². The lowest BCUT2D eigenvalue weighted by molar-refractivity contribution is -0.149. The molecule has 0 radical (unpaired) electrons. The molecule has 8 heteroatoms. The van der Waals surface area contributed by atoms with Crippen LogP contribution in [-0.4, -0.2) is 56.8 Å².